The predicted molar refractivity (Wildman–Crippen MR) is 163 cm³/mol. The number of hydrogen-bond acceptors (Lipinski definition) is 4. The van der Waals surface area contributed by atoms with Gasteiger partial charge in [-0.15, -0.1) is 0 Å². The van der Waals surface area contributed by atoms with Crippen molar-refractivity contribution in [1.82, 2.24) is 24.6 Å². The first-order valence-electron chi connectivity index (χ1n) is 14.6. The summed E-state index contributed by atoms with van der Waals surface area (Å²) in [7, 11) is 0. The number of hydrogen-bond donors (Lipinski definition) is 1. The van der Waals surface area contributed by atoms with Crippen molar-refractivity contribution in [1.29, 1.82) is 0 Å². The molecule has 1 aliphatic heterocycles. The third kappa shape index (κ3) is 6.16. The van der Waals surface area contributed by atoms with E-state index in [1.54, 1.807) is 23.2 Å². The van der Waals surface area contributed by atoms with E-state index in [1.807, 2.05) is 69.0 Å². The highest BCUT2D eigenvalue weighted by Gasteiger charge is 2.28. The highest BCUT2D eigenvalue weighted by Crippen LogP contribution is 2.35. The molecule has 1 N–H and O–H groups in total. The molecule has 0 aliphatic carbocycles. The molecule has 222 valence electrons. The lowest BCUT2D eigenvalue weighted by Gasteiger charge is -2.33. The number of halogens is 2. The summed E-state index contributed by atoms with van der Waals surface area (Å²) in [5.41, 5.74) is 5.97. The highest BCUT2D eigenvalue weighted by molar-refractivity contribution is 5.96. The largest absolute Gasteiger partial charge is 0.444 e. The molecule has 9 heteroatoms. The van der Waals surface area contributed by atoms with Crippen LogP contribution in [0.3, 0.4) is 0 Å². The monoisotopic (exact) mass is 583 g/mol. The molecule has 3 aromatic heterocycles. The van der Waals surface area contributed by atoms with Crippen molar-refractivity contribution >= 4 is 17.1 Å². The number of H-pyrrole nitrogens is 1. The Hall–Kier alpha value is -4.53. The van der Waals surface area contributed by atoms with E-state index in [0.717, 1.165) is 44.5 Å². The second-order valence-corrected chi connectivity index (χ2v) is 12.3. The second-order valence-electron chi connectivity index (χ2n) is 12.3. The van der Waals surface area contributed by atoms with Gasteiger partial charge in [0, 0.05) is 53.8 Å². The first-order valence-corrected chi connectivity index (χ1v) is 14.6. The van der Waals surface area contributed by atoms with Crippen LogP contribution in [0.25, 0.3) is 33.3 Å². The molecule has 5 aromatic rings. The zero-order valence-corrected chi connectivity index (χ0v) is 24.8. The molecule has 1 saturated heterocycles. The molecule has 4 heterocycles. The van der Waals surface area contributed by atoms with Gasteiger partial charge in [0.1, 0.15) is 22.9 Å². The first kappa shape index (κ1) is 28.6. The molecule has 1 fully saturated rings. The van der Waals surface area contributed by atoms with Crippen molar-refractivity contribution < 1.29 is 18.3 Å². The minimum Gasteiger partial charge on any atom is -0.444 e. The normalized spacial score (nSPS) is 14.4. The number of carbonyl (C=O) groups is 1. The summed E-state index contributed by atoms with van der Waals surface area (Å²) >= 11 is 0. The van der Waals surface area contributed by atoms with Crippen molar-refractivity contribution in [2.75, 3.05) is 13.1 Å². The molecule has 6 rings (SSSR count). The topological polar surface area (TPSA) is 76.0 Å². The molecule has 0 radical (unpaired) electrons. The molecule has 0 spiro atoms. The van der Waals surface area contributed by atoms with Gasteiger partial charge in [-0.2, -0.15) is 5.10 Å². The third-order valence-electron chi connectivity index (χ3n) is 7.92. The number of nitrogens with one attached hydrogen (secondary N) is 1. The van der Waals surface area contributed by atoms with E-state index in [1.165, 1.54) is 12.1 Å². The summed E-state index contributed by atoms with van der Waals surface area (Å²) in [5.74, 6) is -0.488. The third-order valence-corrected chi connectivity index (χ3v) is 7.92. The number of piperidine rings is 1. The van der Waals surface area contributed by atoms with Gasteiger partial charge in [-0.1, -0.05) is 24.3 Å². The number of benzene rings is 2. The molecule has 1 amide bonds. The molecule has 43 heavy (non-hydrogen) atoms. The van der Waals surface area contributed by atoms with Gasteiger partial charge in [-0.05, 0) is 87.4 Å². The van der Waals surface area contributed by atoms with Gasteiger partial charge in [0.15, 0.2) is 0 Å². The summed E-state index contributed by atoms with van der Waals surface area (Å²) < 4.78 is 36.5. The maximum Gasteiger partial charge on any atom is 0.410 e. The van der Waals surface area contributed by atoms with Gasteiger partial charge in [-0.3, -0.25) is 4.68 Å². The van der Waals surface area contributed by atoms with E-state index in [2.05, 4.69) is 15.1 Å². The van der Waals surface area contributed by atoms with E-state index >= 15 is 4.39 Å². The second kappa shape index (κ2) is 11.3. The first-order chi connectivity index (χ1) is 20.5. The smallest absolute Gasteiger partial charge is 0.410 e. The van der Waals surface area contributed by atoms with Crippen molar-refractivity contribution in [3.05, 3.63) is 95.6 Å². The van der Waals surface area contributed by atoms with Crippen LogP contribution in [0.1, 0.15) is 56.4 Å². The van der Waals surface area contributed by atoms with E-state index in [0.29, 0.717) is 38.0 Å². The zero-order valence-electron chi connectivity index (χ0n) is 24.8. The lowest BCUT2D eigenvalue weighted by molar-refractivity contribution is 0.0204. The average Bonchev–Trinajstić information content (AvgIpc) is 3.54. The van der Waals surface area contributed by atoms with Gasteiger partial charge in [0.2, 0.25) is 0 Å². The van der Waals surface area contributed by atoms with Gasteiger partial charge >= 0.3 is 6.09 Å². The van der Waals surface area contributed by atoms with Crippen LogP contribution >= 0.6 is 0 Å². The number of likely N-dealkylation sites (tertiary alicyclic amines) is 1. The lowest BCUT2D eigenvalue weighted by Crippen LogP contribution is -2.41. The Balaban J connectivity index is 1.21. The van der Waals surface area contributed by atoms with Crippen LogP contribution in [-0.2, 0) is 11.3 Å². The average molecular weight is 584 g/mol. The fourth-order valence-electron chi connectivity index (χ4n) is 5.81. The summed E-state index contributed by atoms with van der Waals surface area (Å²) in [6, 6.07) is 13.9. The van der Waals surface area contributed by atoms with Crippen LogP contribution < -0.4 is 0 Å². The van der Waals surface area contributed by atoms with Crippen LogP contribution in [0.15, 0.2) is 67.1 Å². The maximum absolute atomic E-state index is 15.5. The van der Waals surface area contributed by atoms with Crippen molar-refractivity contribution in [3.63, 3.8) is 0 Å². The van der Waals surface area contributed by atoms with Gasteiger partial charge in [0.25, 0.3) is 0 Å². The van der Waals surface area contributed by atoms with Crippen LogP contribution in [0.2, 0.25) is 0 Å². The lowest BCUT2D eigenvalue weighted by atomic mass is 9.88. The number of aryl methyl sites for hydroxylation is 1. The Morgan fingerprint density at radius 2 is 1.84 bits per heavy atom. The van der Waals surface area contributed by atoms with E-state index in [9.17, 15) is 9.18 Å². The number of ether oxygens (including phenoxy) is 1. The number of fused-ring (bicyclic) bond motifs is 1. The Bertz CT molecular complexity index is 1790. The van der Waals surface area contributed by atoms with E-state index in [4.69, 9.17) is 4.74 Å². The maximum atomic E-state index is 15.5. The molecule has 2 aromatic carbocycles. The zero-order chi connectivity index (χ0) is 30.3. The van der Waals surface area contributed by atoms with Crippen molar-refractivity contribution in [2.45, 2.75) is 58.6 Å². The summed E-state index contributed by atoms with van der Waals surface area (Å²) in [6.45, 7) is 9.03. The number of nitrogens with zero attached hydrogens (tertiary/aromatic N) is 4. The van der Waals surface area contributed by atoms with Gasteiger partial charge in [-0.25, -0.2) is 18.6 Å². The molecular weight excluding hydrogens is 548 g/mol. The molecule has 7 nitrogen and oxygen atoms in total. The summed E-state index contributed by atoms with van der Waals surface area (Å²) in [5, 5.41) is 5.56. The van der Waals surface area contributed by atoms with Crippen molar-refractivity contribution in [3.8, 4) is 22.3 Å². The number of pyridine rings is 1. The highest BCUT2D eigenvalue weighted by atomic mass is 19.1. The van der Waals surface area contributed by atoms with Crippen LogP contribution in [0.4, 0.5) is 13.6 Å². The van der Waals surface area contributed by atoms with Crippen molar-refractivity contribution in [2.24, 2.45) is 0 Å². The Morgan fingerprint density at radius 3 is 2.56 bits per heavy atom. The minimum absolute atomic E-state index is 0.0384. The molecule has 0 atom stereocenters. The van der Waals surface area contributed by atoms with Gasteiger partial charge in [0.05, 0.1) is 12.2 Å². The molecule has 1 aliphatic rings. The minimum atomic E-state index is -0.542. The Kier molecular flexibility index (Phi) is 7.50. The van der Waals surface area contributed by atoms with Crippen LogP contribution in [-0.4, -0.2) is 49.4 Å². The number of aromatic amines is 1. The molecule has 0 bridgehead atoms. The predicted octanol–water partition coefficient (Wildman–Crippen LogP) is 7.84. The van der Waals surface area contributed by atoms with E-state index in [-0.39, 0.29) is 23.6 Å². The molecular formula is C34H35F2N5O2. The number of amides is 1. The number of carbonyl (C=O) groups excluding carboxylic acids is 1. The Labute approximate surface area is 249 Å². The Morgan fingerprint density at radius 1 is 1.05 bits per heavy atom. The molecule has 0 unspecified atom stereocenters. The fraction of sp³-hybridized carbons (Fsp3) is 0.324. The van der Waals surface area contributed by atoms with Crippen LogP contribution in [0, 0.1) is 18.6 Å². The van der Waals surface area contributed by atoms with Gasteiger partial charge < -0.3 is 14.6 Å². The molecule has 0 saturated carbocycles. The number of aromatic nitrogens is 4. The fourth-order valence-corrected chi connectivity index (χ4v) is 5.81. The quantitative estimate of drug-likeness (QED) is 0.229. The SMILES string of the molecule is Cc1nn(Cc2cccc(F)c2)cc1-c1c[nH]c2ncc(-c3ccc(C4CCN(C(=O)OC(C)(C)C)CC4)c(F)c3)cc12. The standard InChI is InChI=1S/C34H35F2N5O2/c1-21-30(20-41(39-21)19-22-6-5-7-26(35)14-22)29-18-38-32-28(29)15-25(17-37-32)24-8-9-27(31(36)16-24)23-10-12-40(13-11-23)33(42)43-34(2,3)4/h5-9,14-18,20,23H,10-13,19H2,1-4H3,(H,37,38). The summed E-state index contributed by atoms with van der Waals surface area (Å²) in [4.78, 5) is 22.0. The summed E-state index contributed by atoms with van der Waals surface area (Å²) in [6.07, 6.45) is 6.66. The van der Waals surface area contributed by atoms with E-state index < -0.39 is 5.60 Å². The number of rotatable bonds is 5. The van der Waals surface area contributed by atoms with Crippen LogP contribution in [0.5, 0.6) is 0 Å².